The third-order valence-corrected chi connectivity index (χ3v) is 10.8. The first-order chi connectivity index (χ1) is 19.4. The molecule has 0 aromatic heterocycles. The fraction of sp³-hybridized carbons (Fsp3) is 0.425. The van der Waals surface area contributed by atoms with Crippen molar-refractivity contribution >= 4 is 14.4 Å². The van der Waals surface area contributed by atoms with E-state index >= 15 is 0 Å². The molecular weight excluding hydrogens is 643 g/mol. The second kappa shape index (κ2) is 14.3. The Balaban J connectivity index is 0.000000262. The Morgan fingerprint density at radius 2 is 1.28 bits per heavy atom. The van der Waals surface area contributed by atoms with E-state index in [-0.39, 0.29) is 35.6 Å². The zero-order valence-electron chi connectivity index (χ0n) is 27.5. The van der Waals surface area contributed by atoms with Crippen molar-refractivity contribution < 1.29 is 49.0 Å². The molecule has 4 aliphatic carbocycles. The quantitative estimate of drug-likeness (QED) is 0.230. The Labute approximate surface area is 289 Å². The summed E-state index contributed by atoms with van der Waals surface area (Å²) in [6, 6.07) is 16.4. The minimum absolute atomic E-state index is 0. The van der Waals surface area contributed by atoms with Gasteiger partial charge in [0, 0.05) is 0 Å². The molecule has 0 heterocycles. The molecule has 0 amide bonds. The average molecular weight is 691 g/mol. The van der Waals surface area contributed by atoms with Gasteiger partial charge in [0.25, 0.3) is 0 Å². The first-order valence-corrected chi connectivity index (χ1v) is 16.9. The van der Waals surface area contributed by atoms with Crippen molar-refractivity contribution in [2.45, 2.75) is 111 Å². The van der Waals surface area contributed by atoms with E-state index in [1.165, 1.54) is 98.9 Å². The van der Waals surface area contributed by atoms with Crippen LogP contribution in [-0.2, 0) is 41.5 Å². The first-order valence-electron chi connectivity index (χ1n) is 15.7. The van der Waals surface area contributed by atoms with Crippen LogP contribution in [-0.4, -0.2) is 3.21 Å². The number of benzene rings is 2. The monoisotopic (exact) mass is 688 g/mol. The maximum absolute atomic E-state index is 2.51. The van der Waals surface area contributed by atoms with Crippen molar-refractivity contribution in [3.05, 3.63) is 106 Å². The molecular formula is C40H48Cl2Zr-2. The number of hydrogen-bond acceptors (Lipinski definition) is 0. The van der Waals surface area contributed by atoms with Gasteiger partial charge < -0.3 is 24.8 Å². The van der Waals surface area contributed by atoms with Crippen molar-refractivity contribution in [3.63, 3.8) is 0 Å². The SMILES string of the molecule is CC1=C[CH-]C(C)(C)c2cc3c(cc21)-c1cc2c(cc1C3)C(C)(C)CC=C2C.Cc1c[cH-]c(C)c1.[Cl-].[Cl-].[Zr+2]=[C]1CCCCC1. The minimum atomic E-state index is 0. The zero-order valence-corrected chi connectivity index (χ0v) is 31.4. The molecule has 7 rings (SSSR count). The number of fused-ring (bicyclic) bond motifs is 5. The number of allylic oxidation sites excluding steroid dienone is 4. The molecule has 0 atom stereocenters. The van der Waals surface area contributed by atoms with Crippen LogP contribution in [0.3, 0.4) is 0 Å². The van der Waals surface area contributed by atoms with Crippen LogP contribution in [0.5, 0.6) is 0 Å². The Bertz CT molecular complexity index is 1430. The molecule has 228 valence electrons. The van der Waals surface area contributed by atoms with Gasteiger partial charge in [-0.2, -0.15) is 23.3 Å². The van der Waals surface area contributed by atoms with Gasteiger partial charge in [-0.3, -0.25) is 0 Å². The van der Waals surface area contributed by atoms with Crippen molar-refractivity contribution in [1.82, 2.24) is 0 Å². The second-order valence-electron chi connectivity index (χ2n) is 14.1. The van der Waals surface area contributed by atoms with Gasteiger partial charge in [-0.05, 0) is 70.2 Å². The number of aryl methyl sites for hydroxylation is 2. The van der Waals surface area contributed by atoms with Crippen LogP contribution in [0, 0.1) is 20.3 Å². The number of halogens is 2. The van der Waals surface area contributed by atoms with Crippen LogP contribution < -0.4 is 24.8 Å². The van der Waals surface area contributed by atoms with Crippen molar-refractivity contribution in [1.29, 1.82) is 0 Å². The van der Waals surface area contributed by atoms with E-state index in [4.69, 9.17) is 0 Å². The van der Waals surface area contributed by atoms with Gasteiger partial charge >= 0.3 is 59.5 Å². The molecule has 0 spiro atoms. The topological polar surface area (TPSA) is 0 Å². The number of hydrogen-bond donors (Lipinski definition) is 0. The standard InChI is InChI=1S/C27H29.C7H9.C6H10.2ClH.Zr/c1-16-7-9-26(3,4)24-12-18-11-19-13-25-21(17(2)8-10-27(25,5)6)15-23(19)22(18)14-20(16)24;1-6-3-4-7(2)5-6;1-2-4-6-5-3-1;;;/h7-9,12-15H,10-11H2,1-6H3;3-5H,1-2H3;1-5H2;2*1H;/q2*-1;;;;+2/p-2. The summed E-state index contributed by atoms with van der Waals surface area (Å²) < 4.78 is 1.80. The maximum atomic E-state index is 2.51. The summed E-state index contributed by atoms with van der Waals surface area (Å²) in [5.74, 6) is 0. The Kier molecular flexibility index (Phi) is 11.9. The van der Waals surface area contributed by atoms with Gasteiger partial charge in [0.05, 0.1) is 0 Å². The molecule has 3 heteroatoms. The van der Waals surface area contributed by atoms with E-state index < -0.39 is 0 Å². The molecule has 0 bridgehead atoms. The van der Waals surface area contributed by atoms with Gasteiger partial charge in [0.15, 0.2) is 0 Å². The van der Waals surface area contributed by atoms with E-state index in [1.54, 1.807) is 27.4 Å². The van der Waals surface area contributed by atoms with Crippen molar-refractivity contribution in [3.8, 4) is 11.1 Å². The van der Waals surface area contributed by atoms with Gasteiger partial charge in [0.2, 0.25) is 0 Å². The van der Waals surface area contributed by atoms with Gasteiger partial charge in [-0.1, -0.05) is 76.8 Å². The average Bonchev–Trinajstić information content (AvgIpc) is 3.49. The molecule has 43 heavy (non-hydrogen) atoms. The van der Waals surface area contributed by atoms with Crippen LogP contribution in [0.25, 0.3) is 22.3 Å². The van der Waals surface area contributed by atoms with Gasteiger partial charge in [-0.25, -0.2) is 24.1 Å². The molecule has 3 aromatic carbocycles. The van der Waals surface area contributed by atoms with Crippen LogP contribution >= 0.6 is 0 Å². The Hall–Kier alpha value is -1.53. The normalized spacial score (nSPS) is 18.1. The van der Waals surface area contributed by atoms with E-state index in [2.05, 4.69) is 116 Å². The molecule has 0 nitrogen and oxygen atoms in total. The van der Waals surface area contributed by atoms with Crippen LogP contribution in [0.2, 0.25) is 0 Å². The predicted octanol–water partition coefficient (Wildman–Crippen LogP) is 4.94. The number of rotatable bonds is 0. The van der Waals surface area contributed by atoms with Crippen LogP contribution in [0.15, 0.2) is 54.6 Å². The summed E-state index contributed by atoms with van der Waals surface area (Å²) >= 11 is 1.69. The van der Waals surface area contributed by atoms with E-state index in [9.17, 15) is 0 Å². The fourth-order valence-corrected chi connectivity index (χ4v) is 7.74. The molecule has 0 aliphatic heterocycles. The fourth-order valence-electron chi connectivity index (χ4n) is 6.87. The first kappa shape index (κ1) is 35.9. The molecule has 0 saturated heterocycles. The summed E-state index contributed by atoms with van der Waals surface area (Å²) in [5, 5.41) is 0. The molecule has 0 unspecified atom stereocenters. The molecule has 1 saturated carbocycles. The van der Waals surface area contributed by atoms with Crippen LogP contribution in [0.4, 0.5) is 0 Å². The van der Waals surface area contributed by atoms with Crippen molar-refractivity contribution in [2.75, 3.05) is 0 Å². The third-order valence-electron chi connectivity index (χ3n) is 9.62. The molecule has 0 N–H and O–H groups in total. The van der Waals surface area contributed by atoms with E-state index in [1.807, 2.05) is 0 Å². The van der Waals surface area contributed by atoms with E-state index in [0.717, 1.165) is 12.8 Å². The summed E-state index contributed by atoms with van der Waals surface area (Å²) in [5.41, 5.74) is 17.7. The molecule has 3 aromatic rings. The summed E-state index contributed by atoms with van der Waals surface area (Å²) in [7, 11) is 0. The van der Waals surface area contributed by atoms with E-state index in [0.29, 0.717) is 0 Å². The molecule has 1 fully saturated rings. The third kappa shape index (κ3) is 7.83. The summed E-state index contributed by atoms with van der Waals surface area (Å²) in [4.78, 5) is 0. The zero-order chi connectivity index (χ0) is 29.5. The van der Waals surface area contributed by atoms with Gasteiger partial charge in [0.1, 0.15) is 0 Å². The molecule has 0 radical (unpaired) electrons. The van der Waals surface area contributed by atoms with Gasteiger partial charge in [-0.15, -0.1) is 12.5 Å². The Morgan fingerprint density at radius 1 is 0.698 bits per heavy atom. The molecule has 4 aliphatic rings. The second-order valence-corrected chi connectivity index (χ2v) is 15.9. The predicted molar refractivity (Wildman–Crippen MR) is 177 cm³/mol. The summed E-state index contributed by atoms with van der Waals surface area (Å²) in [6.45, 7) is 18.2. The summed E-state index contributed by atoms with van der Waals surface area (Å²) in [6.07, 6.45) is 16.6. The van der Waals surface area contributed by atoms with Crippen LogP contribution in [0.1, 0.15) is 125 Å². The Morgan fingerprint density at radius 3 is 1.77 bits per heavy atom. The van der Waals surface area contributed by atoms with Crippen molar-refractivity contribution in [2.24, 2.45) is 0 Å².